The Morgan fingerprint density at radius 2 is 1.36 bits per heavy atom. The van der Waals surface area contributed by atoms with E-state index in [4.69, 9.17) is 16.2 Å². The van der Waals surface area contributed by atoms with Crippen LogP contribution in [0.5, 0.6) is 0 Å². The summed E-state index contributed by atoms with van der Waals surface area (Å²) in [5, 5.41) is 0. The fraction of sp³-hybridized carbons (Fsp3) is 0.500. The highest BCUT2D eigenvalue weighted by atomic mass is 127. The van der Waals surface area contributed by atoms with Crippen LogP contribution in [0.4, 0.5) is 0 Å². The Labute approximate surface area is 90.5 Å². The van der Waals surface area contributed by atoms with Crippen LogP contribution in [0.1, 0.15) is 0 Å². The van der Waals surface area contributed by atoms with Crippen LogP contribution in [0.3, 0.4) is 0 Å². The molecule has 0 aliphatic carbocycles. The van der Waals surface area contributed by atoms with E-state index in [-0.39, 0.29) is 0 Å². The van der Waals surface area contributed by atoms with Crippen molar-refractivity contribution in [2.24, 2.45) is 11.5 Å². The SMILES string of the molecule is NC(=O)C(I)OC(I)C(N)=O. The smallest absolute Gasteiger partial charge is 0.256 e. The van der Waals surface area contributed by atoms with Gasteiger partial charge in [0.1, 0.15) is 0 Å². The van der Waals surface area contributed by atoms with Gasteiger partial charge in [0, 0.05) is 0 Å². The Bertz CT molecular complexity index is 157. The van der Waals surface area contributed by atoms with Crippen LogP contribution in [0.15, 0.2) is 0 Å². The molecule has 5 nitrogen and oxygen atoms in total. The second-order valence-corrected chi connectivity index (χ2v) is 3.84. The second-order valence-electron chi connectivity index (χ2n) is 1.57. The van der Waals surface area contributed by atoms with Gasteiger partial charge in [0.05, 0.1) is 0 Å². The standard InChI is InChI=1S/C4H6I2N2O3/c5-1(3(7)9)11-2(6)4(8)10/h1-2H,(H2,7,9)(H2,8,10). The third kappa shape index (κ3) is 4.74. The topological polar surface area (TPSA) is 95.4 Å². The van der Waals surface area contributed by atoms with Crippen LogP contribution >= 0.6 is 45.2 Å². The maximum atomic E-state index is 10.4. The molecule has 0 bridgehead atoms. The van der Waals surface area contributed by atoms with Crippen molar-refractivity contribution in [2.45, 2.75) is 8.22 Å². The van der Waals surface area contributed by atoms with E-state index in [1.165, 1.54) is 0 Å². The highest BCUT2D eigenvalue weighted by molar-refractivity contribution is 14.1. The average Bonchev–Trinajstić information content (AvgIpc) is 1.87. The molecule has 4 N–H and O–H groups in total. The van der Waals surface area contributed by atoms with Gasteiger partial charge >= 0.3 is 0 Å². The van der Waals surface area contributed by atoms with Crippen molar-refractivity contribution in [1.29, 1.82) is 0 Å². The number of halogens is 2. The number of primary amides is 2. The number of nitrogens with two attached hydrogens (primary N) is 2. The molecule has 0 aromatic carbocycles. The zero-order valence-corrected chi connectivity index (χ0v) is 9.61. The molecule has 0 aromatic rings. The zero-order valence-electron chi connectivity index (χ0n) is 5.29. The molecule has 0 spiro atoms. The molecule has 64 valence electrons. The molecule has 0 saturated carbocycles. The number of carbonyl (C=O) groups excluding carboxylic acids is 2. The van der Waals surface area contributed by atoms with E-state index in [1.54, 1.807) is 45.2 Å². The van der Waals surface area contributed by atoms with E-state index in [0.717, 1.165) is 0 Å². The molecule has 0 aliphatic heterocycles. The van der Waals surface area contributed by atoms with Gasteiger partial charge in [-0.1, -0.05) is 0 Å². The largest absolute Gasteiger partial charge is 0.367 e. The third-order valence-corrected chi connectivity index (χ3v) is 2.50. The molecule has 0 heterocycles. The molecule has 2 unspecified atom stereocenters. The minimum absolute atomic E-state index is 0.631. The highest BCUT2D eigenvalue weighted by Crippen LogP contribution is 2.10. The maximum absolute atomic E-state index is 10.4. The fourth-order valence-corrected chi connectivity index (χ4v) is 1.39. The Morgan fingerprint density at radius 1 is 1.09 bits per heavy atom. The minimum Gasteiger partial charge on any atom is -0.367 e. The van der Waals surface area contributed by atoms with Crippen molar-refractivity contribution >= 4 is 57.0 Å². The van der Waals surface area contributed by atoms with Gasteiger partial charge in [-0.05, 0) is 45.2 Å². The first kappa shape index (κ1) is 11.4. The summed E-state index contributed by atoms with van der Waals surface area (Å²) in [7, 11) is 0. The quantitative estimate of drug-likeness (QED) is 0.506. The van der Waals surface area contributed by atoms with E-state index in [2.05, 4.69) is 0 Å². The summed E-state index contributed by atoms with van der Waals surface area (Å²) in [5.74, 6) is -1.26. The third-order valence-electron chi connectivity index (χ3n) is 0.686. The second kappa shape index (κ2) is 5.09. The van der Waals surface area contributed by atoms with Crippen LogP contribution in [0.2, 0.25) is 0 Å². The number of ether oxygens (including phenoxy) is 1. The number of hydrogen-bond donors (Lipinski definition) is 2. The Balaban J connectivity index is 3.84. The average molecular weight is 384 g/mol. The lowest BCUT2D eigenvalue weighted by atomic mass is 10.6. The van der Waals surface area contributed by atoms with E-state index in [1.807, 2.05) is 0 Å². The zero-order chi connectivity index (χ0) is 9.02. The van der Waals surface area contributed by atoms with Crippen LogP contribution in [-0.4, -0.2) is 20.0 Å². The fourth-order valence-electron chi connectivity index (χ4n) is 0.239. The first-order chi connectivity index (χ1) is 4.95. The predicted molar refractivity (Wildman–Crippen MR) is 55.1 cm³/mol. The van der Waals surface area contributed by atoms with Gasteiger partial charge in [0.15, 0.2) is 8.22 Å². The van der Waals surface area contributed by atoms with Crippen LogP contribution in [0.25, 0.3) is 0 Å². The normalized spacial score (nSPS) is 15.5. The van der Waals surface area contributed by atoms with Gasteiger partial charge in [0.2, 0.25) is 0 Å². The number of alkyl halides is 2. The number of rotatable bonds is 4. The van der Waals surface area contributed by atoms with Gasteiger partial charge < -0.3 is 16.2 Å². The molecule has 7 heteroatoms. The van der Waals surface area contributed by atoms with Crippen molar-refractivity contribution in [1.82, 2.24) is 0 Å². The molecule has 0 fully saturated rings. The maximum Gasteiger partial charge on any atom is 0.256 e. The Hall–Kier alpha value is 0.360. The lowest BCUT2D eigenvalue weighted by Crippen LogP contribution is -2.33. The van der Waals surface area contributed by atoms with Gasteiger partial charge in [-0.3, -0.25) is 9.59 Å². The summed E-state index contributed by atoms with van der Waals surface area (Å²) >= 11 is 3.34. The minimum atomic E-state index is -0.818. The van der Waals surface area contributed by atoms with E-state index >= 15 is 0 Å². The summed E-state index contributed by atoms with van der Waals surface area (Å²) in [4.78, 5) is 20.8. The predicted octanol–water partition coefficient (Wildman–Crippen LogP) is -0.504. The molecule has 2 atom stereocenters. The van der Waals surface area contributed by atoms with E-state index in [0.29, 0.717) is 0 Å². The first-order valence-corrected chi connectivity index (χ1v) is 4.96. The van der Waals surface area contributed by atoms with Gasteiger partial charge in [0.25, 0.3) is 11.8 Å². The molecule has 0 aromatic heterocycles. The van der Waals surface area contributed by atoms with Gasteiger partial charge in [-0.2, -0.15) is 0 Å². The summed E-state index contributed by atoms with van der Waals surface area (Å²) < 4.78 is 3.16. The molecule has 11 heavy (non-hydrogen) atoms. The Kier molecular flexibility index (Phi) is 5.25. The lowest BCUT2D eigenvalue weighted by molar-refractivity contribution is -0.129. The number of hydrogen-bond acceptors (Lipinski definition) is 3. The number of carbonyl (C=O) groups is 2. The Morgan fingerprint density at radius 3 is 1.55 bits per heavy atom. The van der Waals surface area contributed by atoms with Crippen LogP contribution in [0, 0.1) is 0 Å². The summed E-state index contributed by atoms with van der Waals surface area (Å²) in [5.41, 5.74) is 9.72. The molecular formula is C4H6I2N2O3. The molecule has 0 rings (SSSR count). The molecule has 0 radical (unpaired) electrons. The van der Waals surface area contributed by atoms with Crippen molar-refractivity contribution in [3.05, 3.63) is 0 Å². The summed E-state index contributed by atoms with van der Waals surface area (Å²) in [6.07, 6.45) is 0. The van der Waals surface area contributed by atoms with Crippen LogP contribution < -0.4 is 11.5 Å². The van der Waals surface area contributed by atoms with Crippen molar-refractivity contribution in [3.8, 4) is 0 Å². The molecular weight excluding hydrogens is 378 g/mol. The summed E-state index contributed by atoms with van der Waals surface area (Å²) in [6.45, 7) is 0. The molecule has 2 amide bonds. The van der Waals surface area contributed by atoms with Gasteiger partial charge in [-0.25, -0.2) is 0 Å². The summed E-state index contributed by atoms with van der Waals surface area (Å²) in [6, 6.07) is 0. The molecule has 0 saturated heterocycles. The first-order valence-electron chi connectivity index (χ1n) is 2.47. The van der Waals surface area contributed by atoms with Crippen molar-refractivity contribution < 1.29 is 14.3 Å². The van der Waals surface area contributed by atoms with Gasteiger partial charge in [-0.15, -0.1) is 0 Å². The van der Waals surface area contributed by atoms with Crippen molar-refractivity contribution in [2.75, 3.05) is 0 Å². The van der Waals surface area contributed by atoms with Crippen molar-refractivity contribution in [3.63, 3.8) is 0 Å². The lowest BCUT2D eigenvalue weighted by Gasteiger charge is -2.10. The van der Waals surface area contributed by atoms with E-state index < -0.39 is 20.0 Å². The van der Waals surface area contributed by atoms with E-state index in [9.17, 15) is 9.59 Å². The van der Waals surface area contributed by atoms with Crippen LogP contribution in [-0.2, 0) is 14.3 Å². The highest BCUT2D eigenvalue weighted by Gasteiger charge is 2.19. The molecule has 0 aliphatic rings. The monoisotopic (exact) mass is 384 g/mol. The number of amides is 2.